The van der Waals surface area contributed by atoms with Crippen molar-refractivity contribution in [1.29, 1.82) is 0 Å². The van der Waals surface area contributed by atoms with E-state index >= 15 is 0 Å². The molecule has 0 spiro atoms. The number of piperidine rings is 4. The van der Waals surface area contributed by atoms with Gasteiger partial charge in [-0.25, -0.2) is 0 Å². The number of ether oxygens (including phenoxy) is 2. The number of nitrogens with zero attached hydrogens (tertiary/aromatic N) is 4. The van der Waals surface area contributed by atoms with Gasteiger partial charge >= 0.3 is 0 Å². The number of rotatable bonds is 6. The molecule has 4 aliphatic heterocycles. The van der Waals surface area contributed by atoms with Gasteiger partial charge in [0.15, 0.2) is 13.2 Å². The maximum Gasteiger partial charge on any atom is 0.250 e. The molecule has 3 aromatic rings. The van der Waals surface area contributed by atoms with Crippen LogP contribution in [-0.2, 0) is 10.8 Å². The molecular weight excluding hydrogens is 541 g/mol. The van der Waals surface area contributed by atoms with Crippen LogP contribution >= 0.6 is 23.5 Å². The second kappa shape index (κ2) is 11.1. The highest BCUT2D eigenvalue weighted by Gasteiger charge is 2.46. The quantitative estimate of drug-likeness (QED) is 0.431. The number of hydrogen-bond acceptors (Lipinski definition) is 10. The summed E-state index contributed by atoms with van der Waals surface area (Å²) >= 11 is 2.46. The fourth-order valence-corrected chi connectivity index (χ4v) is 8.00. The third-order valence-corrected chi connectivity index (χ3v) is 10.2. The monoisotopic (exact) mass is 572 g/mol. The van der Waals surface area contributed by atoms with Crippen LogP contribution < -0.4 is 20.1 Å². The Morgan fingerprint density at radius 1 is 0.725 bits per heavy atom. The van der Waals surface area contributed by atoms with E-state index in [0.717, 1.165) is 61.3 Å². The van der Waals surface area contributed by atoms with Gasteiger partial charge in [0.05, 0.1) is 23.5 Å². The lowest BCUT2D eigenvalue weighted by molar-refractivity contribution is 0.162. The van der Waals surface area contributed by atoms with Gasteiger partial charge in [0.25, 0.3) is 11.8 Å². The lowest BCUT2D eigenvalue weighted by Gasteiger charge is -2.46. The van der Waals surface area contributed by atoms with E-state index in [1.807, 2.05) is 24.3 Å². The molecule has 2 aliphatic carbocycles. The van der Waals surface area contributed by atoms with Crippen LogP contribution in [0.5, 0.6) is 11.8 Å². The van der Waals surface area contributed by atoms with Crippen LogP contribution in [0.1, 0.15) is 73.9 Å². The Labute approximate surface area is 243 Å². The predicted octanol–water partition coefficient (Wildman–Crippen LogP) is 3.82. The minimum Gasteiger partial charge on any atom is -0.463 e. The largest absolute Gasteiger partial charge is 0.463 e. The number of nitrogens with one attached hydrogen (secondary N) is 2. The molecule has 6 aliphatic rings. The van der Waals surface area contributed by atoms with Gasteiger partial charge in [0, 0.05) is 47.1 Å². The SMILES string of the molecule is C(#Cc1cccc(C#CCOc2nsnc2C23CCC(CC2)NC3)c1)COc1nsnc1C12CCC(CC1)NC2. The van der Waals surface area contributed by atoms with Crippen LogP contribution in [0.3, 0.4) is 0 Å². The van der Waals surface area contributed by atoms with Crippen molar-refractivity contribution in [1.82, 2.24) is 28.1 Å². The molecule has 4 bridgehead atoms. The Morgan fingerprint density at radius 3 is 1.62 bits per heavy atom. The summed E-state index contributed by atoms with van der Waals surface area (Å²) in [5.74, 6) is 13.9. The Balaban J connectivity index is 0.944. The topological polar surface area (TPSA) is 94.1 Å². The zero-order valence-electron chi connectivity index (χ0n) is 22.4. The van der Waals surface area contributed by atoms with Crippen LogP contribution in [0.15, 0.2) is 24.3 Å². The van der Waals surface area contributed by atoms with Gasteiger partial charge < -0.3 is 20.1 Å². The van der Waals surface area contributed by atoms with Crippen LogP contribution in [0.25, 0.3) is 0 Å². The van der Waals surface area contributed by atoms with E-state index in [-0.39, 0.29) is 24.0 Å². The molecule has 6 heterocycles. The van der Waals surface area contributed by atoms with Gasteiger partial charge in [0.2, 0.25) is 0 Å². The van der Waals surface area contributed by atoms with Crippen molar-refractivity contribution in [3.63, 3.8) is 0 Å². The highest BCUT2D eigenvalue weighted by molar-refractivity contribution is 6.99. The standard InChI is InChI=1S/C30H32N6O2S2/c1-4-21(6-2-16-37-27-25(33-39-35-27)29-12-8-23(9-13-29)31-19-29)18-22(5-1)7-3-17-38-28-26(34-40-36-28)30-14-10-24(11-15-30)32-20-30/h1,4-5,18,23-24,31-32H,8-17,19-20H2. The summed E-state index contributed by atoms with van der Waals surface area (Å²) in [6.07, 6.45) is 9.39. The molecule has 0 radical (unpaired) electrons. The average Bonchev–Trinajstić information content (AvgIpc) is 3.71. The summed E-state index contributed by atoms with van der Waals surface area (Å²) in [5, 5.41) is 7.28. The van der Waals surface area contributed by atoms with Crippen LogP contribution in [0.4, 0.5) is 0 Å². The lowest BCUT2D eigenvalue weighted by atomic mass is 9.67. The number of fused-ring (bicyclic) bond motifs is 6. The second-order valence-electron chi connectivity index (χ2n) is 11.5. The first-order valence-electron chi connectivity index (χ1n) is 14.2. The molecule has 40 heavy (non-hydrogen) atoms. The zero-order chi connectivity index (χ0) is 26.8. The van der Waals surface area contributed by atoms with Gasteiger partial charge in [-0.15, -0.1) is 8.75 Å². The normalized spacial score (nSPS) is 28.3. The van der Waals surface area contributed by atoms with Crippen molar-refractivity contribution in [3.05, 3.63) is 46.8 Å². The molecule has 8 nitrogen and oxygen atoms in total. The molecule has 6 fully saturated rings. The van der Waals surface area contributed by atoms with Crippen molar-refractivity contribution in [2.45, 2.75) is 74.3 Å². The van der Waals surface area contributed by atoms with Gasteiger partial charge in [-0.2, -0.15) is 8.75 Å². The number of aromatic nitrogens is 4. The van der Waals surface area contributed by atoms with Crippen molar-refractivity contribution in [2.75, 3.05) is 26.3 Å². The van der Waals surface area contributed by atoms with E-state index in [1.54, 1.807) is 0 Å². The average molecular weight is 573 g/mol. The summed E-state index contributed by atoms with van der Waals surface area (Å²) in [5.41, 5.74) is 3.93. The summed E-state index contributed by atoms with van der Waals surface area (Å²) in [6.45, 7) is 2.47. The third kappa shape index (κ3) is 5.10. The van der Waals surface area contributed by atoms with E-state index in [1.165, 1.54) is 49.1 Å². The highest BCUT2D eigenvalue weighted by atomic mass is 32.1. The summed E-state index contributed by atoms with van der Waals surface area (Å²) in [4.78, 5) is 0. The summed E-state index contributed by atoms with van der Waals surface area (Å²) in [7, 11) is 0. The Hall–Kier alpha value is -3.02. The molecule has 9 rings (SSSR count). The lowest BCUT2D eigenvalue weighted by Crippen LogP contribution is -2.54. The number of benzene rings is 1. The van der Waals surface area contributed by atoms with Crippen molar-refractivity contribution >= 4 is 23.5 Å². The fraction of sp³-hybridized carbons (Fsp3) is 0.533. The summed E-state index contributed by atoms with van der Waals surface area (Å²) < 4.78 is 30.1. The van der Waals surface area contributed by atoms with Gasteiger partial charge in [-0.05, 0) is 69.6 Å². The molecular formula is C30H32N6O2S2. The van der Waals surface area contributed by atoms with Crippen LogP contribution in [-0.4, -0.2) is 55.9 Å². The van der Waals surface area contributed by atoms with Crippen LogP contribution in [0, 0.1) is 23.7 Å². The molecule has 10 heteroatoms. The minimum atomic E-state index is 0.0606. The minimum absolute atomic E-state index is 0.0606. The van der Waals surface area contributed by atoms with Crippen LogP contribution in [0.2, 0.25) is 0 Å². The molecule has 0 amide bonds. The highest BCUT2D eigenvalue weighted by Crippen LogP contribution is 2.46. The molecule has 4 saturated heterocycles. The Morgan fingerprint density at radius 2 is 1.20 bits per heavy atom. The summed E-state index contributed by atoms with van der Waals surface area (Å²) in [6, 6.07) is 9.25. The first-order chi connectivity index (χ1) is 19.7. The van der Waals surface area contributed by atoms with E-state index in [9.17, 15) is 0 Å². The van der Waals surface area contributed by atoms with Gasteiger partial charge in [-0.3, -0.25) is 0 Å². The molecule has 2 N–H and O–H groups in total. The smallest absolute Gasteiger partial charge is 0.250 e. The maximum absolute atomic E-state index is 5.99. The predicted molar refractivity (Wildman–Crippen MR) is 155 cm³/mol. The first kappa shape index (κ1) is 25.9. The molecule has 1 aromatic carbocycles. The molecule has 0 unspecified atom stereocenters. The van der Waals surface area contributed by atoms with E-state index < -0.39 is 0 Å². The molecule has 0 atom stereocenters. The zero-order valence-corrected chi connectivity index (χ0v) is 24.0. The third-order valence-electron chi connectivity index (χ3n) is 9.16. The second-order valence-corrected chi connectivity index (χ2v) is 12.5. The van der Waals surface area contributed by atoms with E-state index in [4.69, 9.17) is 9.47 Å². The van der Waals surface area contributed by atoms with E-state index in [2.05, 4.69) is 51.8 Å². The van der Waals surface area contributed by atoms with Gasteiger partial charge in [0.1, 0.15) is 11.4 Å². The van der Waals surface area contributed by atoms with Crippen molar-refractivity contribution < 1.29 is 9.47 Å². The van der Waals surface area contributed by atoms with Gasteiger partial charge in [-0.1, -0.05) is 29.7 Å². The molecule has 2 saturated carbocycles. The molecule has 206 valence electrons. The van der Waals surface area contributed by atoms with Crippen molar-refractivity contribution in [3.8, 4) is 35.4 Å². The Bertz CT molecular complexity index is 1340. The Kier molecular flexibility index (Phi) is 7.19. The van der Waals surface area contributed by atoms with E-state index in [0.29, 0.717) is 23.8 Å². The first-order valence-corrected chi connectivity index (χ1v) is 15.6. The van der Waals surface area contributed by atoms with Crippen molar-refractivity contribution in [2.24, 2.45) is 0 Å². The number of hydrogen-bond donors (Lipinski definition) is 2. The molecule has 2 aromatic heterocycles. The fourth-order valence-electron chi connectivity index (χ4n) is 6.78. The maximum atomic E-state index is 5.99.